The second-order valence-electron chi connectivity index (χ2n) is 4.97. The van der Waals surface area contributed by atoms with Crippen LogP contribution in [0.5, 0.6) is 0 Å². The van der Waals surface area contributed by atoms with Gasteiger partial charge in [-0.05, 0) is 37.1 Å². The number of aliphatic hydroxyl groups excluding tert-OH is 1. The van der Waals surface area contributed by atoms with Gasteiger partial charge in [0.05, 0.1) is 0 Å². The van der Waals surface area contributed by atoms with Gasteiger partial charge < -0.3 is 15.3 Å². The first-order valence-corrected chi connectivity index (χ1v) is 6.96. The molecule has 0 unspecified atom stereocenters. The summed E-state index contributed by atoms with van der Waals surface area (Å²) in [5.41, 5.74) is 2.01. The molecular weight excluding hydrogens is 243 g/mol. The number of anilines is 1. The average Bonchev–Trinajstić information content (AvgIpc) is 2.38. The molecule has 0 aromatic heterocycles. The number of hydrogen-bond donors (Lipinski definition) is 2. The Hall–Kier alpha value is -1.13. The lowest BCUT2D eigenvalue weighted by atomic mass is 10.1. The van der Waals surface area contributed by atoms with E-state index < -0.39 is 0 Å². The Balaban J connectivity index is 2.89. The summed E-state index contributed by atoms with van der Waals surface area (Å²) >= 11 is 0. The Bertz CT molecular complexity index is 382. The largest absolute Gasteiger partial charge is 0.396 e. The van der Waals surface area contributed by atoms with E-state index in [0.717, 1.165) is 30.8 Å². The van der Waals surface area contributed by atoms with E-state index in [9.17, 15) is 4.39 Å². The van der Waals surface area contributed by atoms with Crippen molar-refractivity contribution in [2.24, 2.45) is 0 Å². The normalized spacial score (nSPS) is 11.1. The smallest absolute Gasteiger partial charge is 0.123 e. The highest BCUT2D eigenvalue weighted by Gasteiger charge is 2.11. The molecule has 0 bridgehead atoms. The van der Waals surface area contributed by atoms with Crippen LogP contribution in [0.2, 0.25) is 0 Å². The van der Waals surface area contributed by atoms with Crippen molar-refractivity contribution in [1.82, 2.24) is 5.32 Å². The van der Waals surface area contributed by atoms with Crippen LogP contribution < -0.4 is 10.2 Å². The highest BCUT2D eigenvalue weighted by atomic mass is 19.1. The summed E-state index contributed by atoms with van der Waals surface area (Å²) in [6.45, 7) is 8.68. The molecule has 1 aromatic carbocycles. The number of rotatable bonds is 8. The first-order chi connectivity index (χ1) is 9.08. The van der Waals surface area contributed by atoms with Crippen molar-refractivity contribution in [3.63, 3.8) is 0 Å². The van der Waals surface area contributed by atoms with Gasteiger partial charge in [-0.1, -0.05) is 13.8 Å². The maximum atomic E-state index is 13.4. The molecule has 0 saturated carbocycles. The maximum absolute atomic E-state index is 13.4. The van der Waals surface area contributed by atoms with Crippen LogP contribution in [-0.2, 0) is 6.54 Å². The van der Waals surface area contributed by atoms with Crippen LogP contribution in [0.15, 0.2) is 18.2 Å². The summed E-state index contributed by atoms with van der Waals surface area (Å²) in [5.74, 6) is -0.206. The number of hydrogen-bond acceptors (Lipinski definition) is 3. The zero-order valence-corrected chi connectivity index (χ0v) is 12.1. The second kappa shape index (κ2) is 8.12. The van der Waals surface area contributed by atoms with Gasteiger partial charge in [0.15, 0.2) is 0 Å². The van der Waals surface area contributed by atoms with Crippen LogP contribution in [0.1, 0.15) is 32.8 Å². The first-order valence-electron chi connectivity index (χ1n) is 6.96. The summed E-state index contributed by atoms with van der Waals surface area (Å²) in [6.07, 6.45) is 0.724. The molecule has 0 radical (unpaired) electrons. The van der Waals surface area contributed by atoms with Crippen molar-refractivity contribution in [3.05, 3.63) is 29.6 Å². The van der Waals surface area contributed by atoms with E-state index in [-0.39, 0.29) is 12.4 Å². The number of aliphatic hydroxyl groups is 1. The van der Waals surface area contributed by atoms with Gasteiger partial charge in [0.2, 0.25) is 0 Å². The van der Waals surface area contributed by atoms with E-state index in [0.29, 0.717) is 12.6 Å². The van der Waals surface area contributed by atoms with Crippen LogP contribution in [0.4, 0.5) is 10.1 Å². The standard InChI is InChI=1S/C15H25FN2O/c1-4-18(8-5-9-19)15-7-6-14(16)10-13(15)11-17-12(2)3/h6-7,10,12,17,19H,4-5,8-9,11H2,1-3H3. The van der Waals surface area contributed by atoms with Gasteiger partial charge in [-0.3, -0.25) is 0 Å². The van der Waals surface area contributed by atoms with Crippen molar-refractivity contribution in [3.8, 4) is 0 Å². The highest BCUT2D eigenvalue weighted by Crippen LogP contribution is 2.22. The third kappa shape index (κ3) is 5.17. The molecule has 0 atom stereocenters. The minimum atomic E-state index is -0.206. The summed E-state index contributed by atoms with van der Waals surface area (Å²) in [4.78, 5) is 2.17. The molecule has 0 aliphatic carbocycles. The van der Waals surface area contributed by atoms with E-state index in [1.54, 1.807) is 6.07 Å². The van der Waals surface area contributed by atoms with E-state index in [4.69, 9.17) is 5.11 Å². The average molecular weight is 268 g/mol. The Labute approximate surface area is 115 Å². The Morgan fingerprint density at radius 1 is 1.37 bits per heavy atom. The van der Waals surface area contributed by atoms with Gasteiger partial charge in [-0.15, -0.1) is 0 Å². The molecule has 0 saturated heterocycles. The molecule has 0 aliphatic rings. The van der Waals surface area contributed by atoms with Gasteiger partial charge in [0.25, 0.3) is 0 Å². The molecule has 1 rings (SSSR count). The first kappa shape index (κ1) is 15.9. The summed E-state index contributed by atoms with van der Waals surface area (Å²) < 4.78 is 13.4. The number of nitrogens with zero attached hydrogens (tertiary/aromatic N) is 1. The van der Waals surface area contributed by atoms with Crippen LogP contribution in [0.3, 0.4) is 0 Å². The molecule has 0 fully saturated rings. The topological polar surface area (TPSA) is 35.5 Å². The third-order valence-electron chi connectivity index (χ3n) is 3.05. The van der Waals surface area contributed by atoms with Gasteiger partial charge >= 0.3 is 0 Å². The van der Waals surface area contributed by atoms with Crippen LogP contribution in [0, 0.1) is 5.82 Å². The predicted molar refractivity (Wildman–Crippen MR) is 78.0 cm³/mol. The van der Waals surface area contributed by atoms with Crippen LogP contribution >= 0.6 is 0 Å². The van der Waals surface area contributed by atoms with Gasteiger partial charge in [-0.25, -0.2) is 4.39 Å². The Morgan fingerprint density at radius 3 is 2.68 bits per heavy atom. The molecule has 0 amide bonds. The monoisotopic (exact) mass is 268 g/mol. The molecule has 0 heterocycles. The lowest BCUT2D eigenvalue weighted by Crippen LogP contribution is -2.28. The van der Waals surface area contributed by atoms with Crippen molar-refractivity contribution in [2.45, 2.75) is 39.8 Å². The molecule has 3 nitrogen and oxygen atoms in total. The SMILES string of the molecule is CCN(CCCO)c1ccc(F)cc1CNC(C)C. The Kier molecular flexibility index (Phi) is 6.81. The van der Waals surface area contributed by atoms with E-state index in [1.165, 1.54) is 6.07 Å². The fraction of sp³-hybridized carbons (Fsp3) is 0.600. The number of halogens is 1. The molecule has 4 heteroatoms. The van der Waals surface area contributed by atoms with E-state index in [1.807, 2.05) is 6.07 Å². The van der Waals surface area contributed by atoms with Crippen molar-refractivity contribution >= 4 is 5.69 Å². The number of benzene rings is 1. The zero-order chi connectivity index (χ0) is 14.3. The predicted octanol–water partition coefficient (Wildman–Crippen LogP) is 2.53. The molecule has 0 spiro atoms. The Morgan fingerprint density at radius 2 is 2.11 bits per heavy atom. The van der Waals surface area contributed by atoms with Gasteiger partial charge in [0.1, 0.15) is 5.82 Å². The molecular formula is C15H25FN2O. The van der Waals surface area contributed by atoms with Gasteiger partial charge in [-0.2, -0.15) is 0 Å². The molecule has 19 heavy (non-hydrogen) atoms. The lowest BCUT2D eigenvalue weighted by Gasteiger charge is -2.26. The molecule has 0 aliphatic heterocycles. The van der Waals surface area contributed by atoms with Gasteiger partial charge in [0, 0.05) is 38.0 Å². The highest BCUT2D eigenvalue weighted by molar-refractivity contribution is 5.53. The summed E-state index contributed by atoms with van der Waals surface area (Å²) in [5, 5.41) is 12.3. The van der Waals surface area contributed by atoms with Crippen LogP contribution in [-0.4, -0.2) is 30.8 Å². The van der Waals surface area contributed by atoms with E-state index in [2.05, 4.69) is 31.0 Å². The number of nitrogens with one attached hydrogen (secondary N) is 1. The van der Waals surface area contributed by atoms with Crippen molar-refractivity contribution in [2.75, 3.05) is 24.6 Å². The minimum absolute atomic E-state index is 0.178. The van der Waals surface area contributed by atoms with E-state index >= 15 is 0 Å². The van der Waals surface area contributed by atoms with Crippen molar-refractivity contribution in [1.29, 1.82) is 0 Å². The quantitative estimate of drug-likeness (QED) is 0.760. The molecule has 108 valence electrons. The third-order valence-corrected chi connectivity index (χ3v) is 3.05. The zero-order valence-electron chi connectivity index (χ0n) is 12.1. The maximum Gasteiger partial charge on any atom is 0.123 e. The summed E-state index contributed by atoms with van der Waals surface area (Å²) in [7, 11) is 0. The van der Waals surface area contributed by atoms with Crippen molar-refractivity contribution < 1.29 is 9.50 Å². The fourth-order valence-corrected chi connectivity index (χ4v) is 2.03. The minimum Gasteiger partial charge on any atom is -0.396 e. The fourth-order valence-electron chi connectivity index (χ4n) is 2.03. The second-order valence-corrected chi connectivity index (χ2v) is 4.97. The molecule has 1 aromatic rings. The molecule has 2 N–H and O–H groups in total. The summed E-state index contributed by atoms with van der Waals surface area (Å²) in [6, 6.07) is 5.28. The lowest BCUT2D eigenvalue weighted by molar-refractivity contribution is 0.289. The van der Waals surface area contributed by atoms with Crippen LogP contribution in [0.25, 0.3) is 0 Å².